The molecule has 0 aliphatic heterocycles. The fourth-order valence-corrected chi connectivity index (χ4v) is 11.0. The quantitative estimate of drug-likeness (QED) is 0.145. The highest BCUT2D eigenvalue weighted by atomic mass is 16.3. The lowest BCUT2D eigenvalue weighted by Gasteiger charge is -2.23. The van der Waals surface area contributed by atoms with Crippen LogP contribution in [0.5, 0.6) is 0 Å². The second-order valence-electron chi connectivity index (χ2n) is 18.8. The molecule has 14 aromatic rings. The summed E-state index contributed by atoms with van der Waals surface area (Å²) in [6, 6.07) is 97.7. The van der Waals surface area contributed by atoms with E-state index in [9.17, 15) is 0 Å². The first-order valence-corrected chi connectivity index (χ1v) is 25.1. The third kappa shape index (κ3) is 7.31. The molecule has 0 atom stereocenters. The highest BCUT2D eigenvalue weighted by Crippen LogP contribution is 2.51. The molecule has 0 aliphatic rings. The maximum Gasteiger partial charge on any atom is 0.180 e. The zero-order chi connectivity index (χ0) is 49.0. The standard InChI is InChI=1S/C70H45N3O/c1-8-24-46(25-9-1)53-42-58(48-28-12-3-13-29-48)67-61(43-53)56-41-40-55(47-26-10-2-11-27-47)63(51-34-18-6-19-35-51)68(56)73(67)66-59(49-30-14-4-15-31-49)44-54(45-60(66)50-32-16-5-17-33-50)64-69-65(57-38-22-23-39-62(57)74-69)72-70(71-64)52-36-20-7-21-37-52/h1-45H. The molecule has 0 N–H and O–H groups in total. The van der Waals surface area contributed by atoms with Crippen LogP contribution in [0.25, 0.3) is 139 Å². The molecule has 4 nitrogen and oxygen atoms in total. The van der Waals surface area contributed by atoms with Crippen molar-refractivity contribution in [2.45, 2.75) is 0 Å². The van der Waals surface area contributed by atoms with Crippen molar-refractivity contribution in [3.05, 3.63) is 273 Å². The van der Waals surface area contributed by atoms with Gasteiger partial charge in [-0.3, -0.25) is 0 Å². The van der Waals surface area contributed by atoms with Crippen LogP contribution < -0.4 is 0 Å². The van der Waals surface area contributed by atoms with E-state index in [1.807, 2.05) is 36.4 Å². The summed E-state index contributed by atoms with van der Waals surface area (Å²) in [5, 5.41) is 3.26. The molecule has 4 heteroatoms. The van der Waals surface area contributed by atoms with Gasteiger partial charge in [-0.1, -0.05) is 237 Å². The summed E-state index contributed by atoms with van der Waals surface area (Å²) in [6.45, 7) is 0. The molecule has 0 aliphatic carbocycles. The van der Waals surface area contributed by atoms with Gasteiger partial charge in [-0.25, -0.2) is 9.97 Å². The van der Waals surface area contributed by atoms with Crippen LogP contribution in [0, 0.1) is 0 Å². The number of para-hydroxylation sites is 1. The second kappa shape index (κ2) is 18.1. The van der Waals surface area contributed by atoms with Crippen LogP contribution >= 0.6 is 0 Å². The van der Waals surface area contributed by atoms with Gasteiger partial charge in [-0.05, 0) is 80.9 Å². The zero-order valence-corrected chi connectivity index (χ0v) is 40.2. The van der Waals surface area contributed by atoms with Crippen molar-refractivity contribution in [3.63, 3.8) is 0 Å². The number of rotatable bonds is 9. The van der Waals surface area contributed by atoms with E-state index in [4.69, 9.17) is 14.4 Å². The van der Waals surface area contributed by atoms with Gasteiger partial charge in [0, 0.05) is 49.5 Å². The highest BCUT2D eigenvalue weighted by Gasteiger charge is 2.29. The Morgan fingerprint density at radius 1 is 0.297 bits per heavy atom. The van der Waals surface area contributed by atoms with E-state index in [0.29, 0.717) is 11.4 Å². The summed E-state index contributed by atoms with van der Waals surface area (Å²) in [5.41, 5.74) is 21.4. The molecule has 14 rings (SSSR count). The lowest BCUT2D eigenvalue weighted by molar-refractivity contribution is 0.667. The molecule has 0 unspecified atom stereocenters. The van der Waals surface area contributed by atoms with Gasteiger partial charge in [0.25, 0.3) is 0 Å². The van der Waals surface area contributed by atoms with Gasteiger partial charge in [0.2, 0.25) is 0 Å². The molecule has 0 saturated carbocycles. The summed E-state index contributed by atoms with van der Waals surface area (Å²) < 4.78 is 9.45. The van der Waals surface area contributed by atoms with Gasteiger partial charge in [0.15, 0.2) is 11.4 Å². The Hall–Kier alpha value is -9.90. The van der Waals surface area contributed by atoms with Crippen molar-refractivity contribution in [2.24, 2.45) is 0 Å². The number of fused-ring (bicyclic) bond motifs is 6. The lowest BCUT2D eigenvalue weighted by atomic mass is 9.90. The summed E-state index contributed by atoms with van der Waals surface area (Å²) in [7, 11) is 0. The number of hydrogen-bond donors (Lipinski definition) is 0. The second-order valence-corrected chi connectivity index (χ2v) is 18.8. The van der Waals surface area contributed by atoms with Crippen LogP contribution in [0.4, 0.5) is 0 Å². The highest BCUT2D eigenvalue weighted by molar-refractivity contribution is 6.21. The predicted octanol–water partition coefficient (Wildman–Crippen LogP) is 18.8. The van der Waals surface area contributed by atoms with E-state index in [-0.39, 0.29) is 0 Å². The first kappa shape index (κ1) is 42.9. The van der Waals surface area contributed by atoms with Gasteiger partial charge in [-0.15, -0.1) is 0 Å². The van der Waals surface area contributed by atoms with Crippen molar-refractivity contribution in [1.29, 1.82) is 0 Å². The number of hydrogen-bond acceptors (Lipinski definition) is 3. The third-order valence-electron chi connectivity index (χ3n) is 14.4. The summed E-state index contributed by atoms with van der Waals surface area (Å²) in [4.78, 5) is 10.7. The molecule has 0 amide bonds. The number of aromatic nitrogens is 3. The summed E-state index contributed by atoms with van der Waals surface area (Å²) in [5.74, 6) is 0.635. The Kier molecular flexibility index (Phi) is 10.5. The molecule has 3 heterocycles. The van der Waals surface area contributed by atoms with E-state index in [1.54, 1.807) is 0 Å². The summed E-state index contributed by atoms with van der Waals surface area (Å²) in [6.07, 6.45) is 0. The fourth-order valence-electron chi connectivity index (χ4n) is 11.0. The molecule has 11 aromatic carbocycles. The molecule has 0 radical (unpaired) electrons. The Morgan fingerprint density at radius 3 is 1.32 bits per heavy atom. The van der Waals surface area contributed by atoms with Crippen LogP contribution in [-0.4, -0.2) is 14.5 Å². The first-order chi connectivity index (χ1) is 36.7. The zero-order valence-electron chi connectivity index (χ0n) is 40.2. The van der Waals surface area contributed by atoms with Crippen molar-refractivity contribution in [1.82, 2.24) is 14.5 Å². The Bertz CT molecular complexity index is 4300. The first-order valence-electron chi connectivity index (χ1n) is 25.1. The van der Waals surface area contributed by atoms with Crippen molar-refractivity contribution in [3.8, 4) is 95.1 Å². The van der Waals surface area contributed by atoms with Crippen LogP contribution in [-0.2, 0) is 0 Å². The fraction of sp³-hybridized carbons (Fsp3) is 0. The topological polar surface area (TPSA) is 43.9 Å². The Morgan fingerprint density at radius 2 is 0.757 bits per heavy atom. The molecular weight excluding hydrogens is 899 g/mol. The molecule has 74 heavy (non-hydrogen) atoms. The minimum Gasteiger partial charge on any atom is -0.452 e. The van der Waals surface area contributed by atoms with E-state index >= 15 is 0 Å². The van der Waals surface area contributed by atoms with Crippen LogP contribution in [0.15, 0.2) is 277 Å². The number of furan rings is 1. The smallest absolute Gasteiger partial charge is 0.180 e. The van der Waals surface area contributed by atoms with Crippen molar-refractivity contribution < 1.29 is 4.42 Å². The minimum atomic E-state index is 0.635. The predicted molar refractivity (Wildman–Crippen MR) is 307 cm³/mol. The monoisotopic (exact) mass is 943 g/mol. The van der Waals surface area contributed by atoms with Gasteiger partial charge >= 0.3 is 0 Å². The molecule has 0 bridgehead atoms. The van der Waals surface area contributed by atoms with Crippen LogP contribution in [0.3, 0.4) is 0 Å². The van der Waals surface area contributed by atoms with Gasteiger partial charge in [0.05, 0.1) is 16.7 Å². The lowest BCUT2D eigenvalue weighted by Crippen LogP contribution is -2.04. The average molecular weight is 944 g/mol. The van der Waals surface area contributed by atoms with Gasteiger partial charge in [0.1, 0.15) is 16.8 Å². The van der Waals surface area contributed by atoms with E-state index < -0.39 is 0 Å². The van der Waals surface area contributed by atoms with Crippen LogP contribution in [0.1, 0.15) is 0 Å². The van der Waals surface area contributed by atoms with E-state index in [1.165, 1.54) is 0 Å². The SMILES string of the molecule is c1ccc(-c2cc(-c3ccccc3)c3c(c2)c2ccc(-c4ccccc4)c(-c4ccccc4)c2n3-c2c(-c3ccccc3)cc(-c3nc(-c4ccccc4)nc4c3oc3ccccc34)cc2-c2ccccc2)cc1. The Labute approximate surface area is 428 Å². The summed E-state index contributed by atoms with van der Waals surface area (Å²) >= 11 is 0. The normalized spacial score (nSPS) is 11.5. The maximum absolute atomic E-state index is 6.84. The van der Waals surface area contributed by atoms with E-state index in [0.717, 1.165) is 128 Å². The molecule has 3 aromatic heterocycles. The molecular formula is C70H45N3O. The van der Waals surface area contributed by atoms with Crippen LogP contribution in [0.2, 0.25) is 0 Å². The molecule has 346 valence electrons. The minimum absolute atomic E-state index is 0.635. The van der Waals surface area contributed by atoms with Crippen molar-refractivity contribution in [2.75, 3.05) is 0 Å². The van der Waals surface area contributed by atoms with Gasteiger partial charge < -0.3 is 8.98 Å². The van der Waals surface area contributed by atoms with Crippen molar-refractivity contribution >= 4 is 43.9 Å². The number of benzene rings is 11. The largest absolute Gasteiger partial charge is 0.452 e. The molecule has 0 spiro atoms. The molecule has 0 fully saturated rings. The van der Waals surface area contributed by atoms with E-state index in [2.05, 4.69) is 241 Å². The maximum atomic E-state index is 6.84. The molecule has 0 saturated heterocycles. The number of nitrogens with zero attached hydrogens (tertiary/aromatic N) is 3. The Balaban J connectivity index is 1.21. The third-order valence-corrected chi connectivity index (χ3v) is 14.4. The average Bonchev–Trinajstić information content (AvgIpc) is 4.08. The van der Waals surface area contributed by atoms with Gasteiger partial charge in [-0.2, -0.15) is 0 Å².